The largest absolute Gasteiger partial charge is 0.386 e. The standard InChI is InChI=1S/C16H22FN3O2/c17-13-4-5-14(18-9-13)20-7-1-6-16(22,11-20)10-19-15(21)8-12-2-3-12/h4-5,9,12,22H,1-3,6-8,10-11H2,(H,19,21)/t16-/m1/s1. The number of β-amino-alcohol motifs (C(OH)–C–C–N with tert-alkyl or cyclic N) is 1. The number of halogens is 1. The molecule has 22 heavy (non-hydrogen) atoms. The van der Waals surface area contributed by atoms with E-state index in [1.807, 2.05) is 4.90 Å². The Morgan fingerprint density at radius 2 is 2.32 bits per heavy atom. The number of aromatic nitrogens is 1. The average Bonchev–Trinajstić information content (AvgIpc) is 3.30. The summed E-state index contributed by atoms with van der Waals surface area (Å²) < 4.78 is 12.9. The molecule has 5 nitrogen and oxygen atoms in total. The first kappa shape index (κ1) is 15.2. The van der Waals surface area contributed by atoms with Gasteiger partial charge in [0.05, 0.1) is 11.8 Å². The van der Waals surface area contributed by atoms with Crippen LogP contribution in [0.5, 0.6) is 0 Å². The molecule has 2 fully saturated rings. The molecule has 1 saturated carbocycles. The van der Waals surface area contributed by atoms with E-state index in [2.05, 4.69) is 10.3 Å². The highest BCUT2D eigenvalue weighted by atomic mass is 19.1. The molecule has 1 aliphatic carbocycles. The predicted octanol–water partition coefficient (Wildman–Crippen LogP) is 1.47. The lowest BCUT2D eigenvalue weighted by atomic mass is 9.92. The van der Waals surface area contributed by atoms with Crippen molar-refractivity contribution in [1.82, 2.24) is 10.3 Å². The van der Waals surface area contributed by atoms with Gasteiger partial charge in [-0.3, -0.25) is 4.79 Å². The molecule has 1 aromatic heterocycles. The number of piperidine rings is 1. The summed E-state index contributed by atoms with van der Waals surface area (Å²) in [5, 5.41) is 13.5. The molecule has 6 heteroatoms. The van der Waals surface area contributed by atoms with Gasteiger partial charge < -0.3 is 15.3 Å². The molecule has 0 bridgehead atoms. The Labute approximate surface area is 129 Å². The molecule has 120 valence electrons. The Morgan fingerprint density at radius 3 is 3.00 bits per heavy atom. The molecule has 0 aromatic carbocycles. The van der Waals surface area contributed by atoms with Crippen LogP contribution >= 0.6 is 0 Å². The molecular formula is C16H22FN3O2. The summed E-state index contributed by atoms with van der Waals surface area (Å²) in [5.41, 5.74) is -0.951. The maximum Gasteiger partial charge on any atom is 0.220 e. The van der Waals surface area contributed by atoms with Crippen LogP contribution in [0.25, 0.3) is 0 Å². The van der Waals surface area contributed by atoms with E-state index >= 15 is 0 Å². The average molecular weight is 307 g/mol. The molecule has 3 rings (SSSR count). The van der Waals surface area contributed by atoms with Gasteiger partial charge in [0.2, 0.25) is 5.91 Å². The fourth-order valence-corrected chi connectivity index (χ4v) is 2.93. The minimum atomic E-state index is -0.951. The lowest BCUT2D eigenvalue weighted by Gasteiger charge is -2.39. The first-order chi connectivity index (χ1) is 10.5. The van der Waals surface area contributed by atoms with E-state index in [1.54, 1.807) is 6.07 Å². The minimum Gasteiger partial charge on any atom is -0.386 e. The summed E-state index contributed by atoms with van der Waals surface area (Å²) in [6.07, 6.45) is 5.49. The van der Waals surface area contributed by atoms with Crippen LogP contribution in [-0.2, 0) is 4.79 Å². The third kappa shape index (κ3) is 3.94. The topological polar surface area (TPSA) is 65.5 Å². The molecule has 1 amide bonds. The van der Waals surface area contributed by atoms with Crippen molar-refractivity contribution < 1.29 is 14.3 Å². The Bertz CT molecular complexity index is 533. The quantitative estimate of drug-likeness (QED) is 0.864. The van der Waals surface area contributed by atoms with Crippen LogP contribution in [0.4, 0.5) is 10.2 Å². The highest BCUT2D eigenvalue weighted by molar-refractivity contribution is 5.76. The van der Waals surface area contributed by atoms with E-state index in [0.717, 1.165) is 25.8 Å². The Balaban J connectivity index is 1.55. The van der Waals surface area contributed by atoms with Crippen molar-refractivity contribution in [3.05, 3.63) is 24.1 Å². The maximum atomic E-state index is 12.9. The van der Waals surface area contributed by atoms with Gasteiger partial charge in [0.15, 0.2) is 0 Å². The van der Waals surface area contributed by atoms with Crippen LogP contribution < -0.4 is 10.2 Å². The molecule has 1 atom stereocenters. The summed E-state index contributed by atoms with van der Waals surface area (Å²) in [4.78, 5) is 17.8. The fraction of sp³-hybridized carbons (Fsp3) is 0.625. The summed E-state index contributed by atoms with van der Waals surface area (Å²) in [7, 11) is 0. The molecule has 0 spiro atoms. The van der Waals surface area contributed by atoms with Gasteiger partial charge in [-0.15, -0.1) is 0 Å². The SMILES string of the molecule is O=C(CC1CC1)NC[C@]1(O)CCCN(c2ccc(F)cn2)C1. The maximum absolute atomic E-state index is 12.9. The number of carbonyl (C=O) groups is 1. The van der Waals surface area contributed by atoms with Crippen molar-refractivity contribution >= 4 is 11.7 Å². The predicted molar refractivity (Wildman–Crippen MR) is 80.9 cm³/mol. The number of rotatable bonds is 5. The van der Waals surface area contributed by atoms with Crippen LogP contribution in [0.3, 0.4) is 0 Å². The number of hydrogen-bond acceptors (Lipinski definition) is 4. The van der Waals surface area contributed by atoms with Crippen LogP contribution in [0.1, 0.15) is 32.1 Å². The van der Waals surface area contributed by atoms with Gasteiger partial charge >= 0.3 is 0 Å². The van der Waals surface area contributed by atoms with Crippen LogP contribution in [0, 0.1) is 11.7 Å². The van der Waals surface area contributed by atoms with Crippen molar-refractivity contribution in [3.8, 4) is 0 Å². The van der Waals surface area contributed by atoms with Crippen LogP contribution in [0.15, 0.2) is 18.3 Å². The first-order valence-electron chi connectivity index (χ1n) is 7.90. The number of nitrogens with zero attached hydrogens (tertiary/aromatic N) is 2. The molecular weight excluding hydrogens is 285 g/mol. The minimum absolute atomic E-state index is 0.0213. The highest BCUT2D eigenvalue weighted by Gasteiger charge is 2.34. The molecule has 2 heterocycles. The number of carbonyl (C=O) groups excluding carboxylic acids is 1. The van der Waals surface area contributed by atoms with Gasteiger partial charge in [-0.25, -0.2) is 9.37 Å². The molecule has 1 saturated heterocycles. The second-order valence-corrected chi connectivity index (χ2v) is 6.51. The van der Waals surface area contributed by atoms with Gasteiger partial charge in [0.25, 0.3) is 0 Å². The number of nitrogens with one attached hydrogen (secondary N) is 1. The van der Waals surface area contributed by atoms with Crippen molar-refractivity contribution in [2.75, 3.05) is 24.5 Å². The number of amides is 1. The zero-order valence-electron chi connectivity index (χ0n) is 12.6. The van der Waals surface area contributed by atoms with Gasteiger partial charge in [0.1, 0.15) is 11.6 Å². The number of aliphatic hydroxyl groups is 1. The second-order valence-electron chi connectivity index (χ2n) is 6.51. The zero-order valence-corrected chi connectivity index (χ0v) is 12.6. The van der Waals surface area contributed by atoms with Gasteiger partial charge in [0, 0.05) is 26.1 Å². The summed E-state index contributed by atoms with van der Waals surface area (Å²) in [6.45, 7) is 1.43. The van der Waals surface area contributed by atoms with Crippen molar-refractivity contribution in [2.24, 2.45) is 5.92 Å². The van der Waals surface area contributed by atoms with Crippen LogP contribution in [0.2, 0.25) is 0 Å². The van der Waals surface area contributed by atoms with E-state index < -0.39 is 5.60 Å². The lowest BCUT2D eigenvalue weighted by molar-refractivity contribution is -0.122. The highest BCUT2D eigenvalue weighted by Crippen LogP contribution is 2.32. The smallest absolute Gasteiger partial charge is 0.220 e. The summed E-state index contributed by atoms with van der Waals surface area (Å²) in [6, 6.07) is 2.99. The molecule has 2 aliphatic rings. The van der Waals surface area contributed by atoms with Crippen molar-refractivity contribution in [3.63, 3.8) is 0 Å². The summed E-state index contributed by atoms with van der Waals surface area (Å²) >= 11 is 0. The number of hydrogen-bond donors (Lipinski definition) is 2. The third-order valence-electron chi connectivity index (χ3n) is 4.38. The van der Waals surface area contributed by atoms with E-state index in [4.69, 9.17) is 0 Å². The Hall–Kier alpha value is -1.69. The second kappa shape index (κ2) is 6.20. The van der Waals surface area contributed by atoms with Crippen molar-refractivity contribution in [2.45, 2.75) is 37.7 Å². The third-order valence-corrected chi connectivity index (χ3v) is 4.38. The molecule has 1 aliphatic heterocycles. The Morgan fingerprint density at radius 1 is 1.50 bits per heavy atom. The van der Waals surface area contributed by atoms with E-state index in [9.17, 15) is 14.3 Å². The van der Waals surface area contributed by atoms with Crippen molar-refractivity contribution in [1.29, 1.82) is 0 Å². The molecule has 0 radical (unpaired) electrons. The first-order valence-corrected chi connectivity index (χ1v) is 7.90. The molecule has 1 aromatic rings. The van der Waals surface area contributed by atoms with Crippen LogP contribution in [-0.4, -0.2) is 41.2 Å². The number of anilines is 1. The molecule has 2 N–H and O–H groups in total. The van der Waals surface area contributed by atoms with Gasteiger partial charge in [-0.05, 0) is 43.7 Å². The number of pyridine rings is 1. The van der Waals surface area contributed by atoms with Gasteiger partial charge in [-0.2, -0.15) is 0 Å². The zero-order chi connectivity index (χ0) is 15.6. The monoisotopic (exact) mass is 307 g/mol. The fourth-order valence-electron chi connectivity index (χ4n) is 2.93. The van der Waals surface area contributed by atoms with E-state index in [1.165, 1.54) is 12.3 Å². The Kier molecular flexibility index (Phi) is 4.29. The lowest BCUT2D eigenvalue weighted by Crippen LogP contribution is -2.54. The summed E-state index contributed by atoms with van der Waals surface area (Å²) in [5.74, 6) is 0.848. The molecule has 0 unspecified atom stereocenters. The van der Waals surface area contributed by atoms with Gasteiger partial charge in [-0.1, -0.05) is 0 Å². The van der Waals surface area contributed by atoms with E-state index in [0.29, 0.717) is 31.1 Å². The normalized spacial score (nSPS) is 25.1. The van der Waals surface area contributed by atoms with E-state index in [-0.39, 0.29) is 18.3 Å².